The zero-order chi connectivity index (χ0) is 15.5. The van der Waals surface area contributed by atoms with Gasteiger partial charge in [0.25, 0.3) is 0 Å². The molecular formula is C14H17N5O2S. The highest BCUT2D eigenvalue weighted by molar-refractivity contribution is 8.00. The topological polar surface area (TPSA) is 84.1 Å². The number of phenolic OH excluding ortho intramolecular Hbond substituents is 1. The van der Waals surface area contributed by atoms with Crippen molar-refractivity contribution in [1.29, 1.82) is 0 Å². The average molecular weight is 319 g/mol. The smallest absolute Gasteiger partial charge is 0.235 e. The summed E-state index contributed by atoms with van der Waals surface area (Å²) in [5.41, 5.74) is 0.742. The minimum atomic E-state index is -0.236. The van der Waals surface area contributed by atoms with Crippen molar-refractivity contribution >= 4 is 17.7 Å². The predicted molar refractivity (Wildman–Crippen MR) is 82.0 cm³/mol. The zero-order valence-corrected chi connectivity index (χ0v) is 13.0. The van der Waals surface area contributed by atoms with Gasteiger partial charge in [-0.1, -0.05) is 11.8 Å². The molecule has 1 N–H and O–H groups in total. The first kappa shape index (κ1) is 14.8. The molecule has 1 aromatic carbocycles. The van der Waals surface area contributed by atoms with Gasteiger partial charge in [-0.25, -0.2) is 0 Å². The Morgan fingerprint density at radius 1 is 1.27 bits per heavy atom. The van der Waals surface area contributed by atoms with Gasteiger partial charge >= 0.3 is 0 Å². The fourth-order valence-corrected chi connectivity index (χ4v) is 3.30. The van der Waals surface area contributed by atoms with Crippen molar-refractivity contribution < 1.29 is 9.90 Å². The van der Waals surface area contributed by atoms with E-state index in [1.807, 2.05) is 11.8 Å². The standard InChI is InChI=1S/C14H17N5O2S/c1-10(13(21)18-8-2-3-9-18)22-14-15-16-17-19(14)11-4-6-12(20)7-5-11/h4-7,10,20H,2-3,8-9H2,1H3/t10-/m1/s1. The van der Waals surface area contributed by atoms with E-state index in [0.717, 1.165) is 31.6 Å². The van der Waals surface area contributed by atoms with Gasteiger partial charge in [-0.2, -0.15) is 4.68 Å². The van der Waals surface area contributed by atoms with Gasteiger partial charge in [0.1, 0.15) is 5.75 Å². The molecule has 8 heteroatoms. The number of aromatic nitrogens is 4. The lowest BCUT2D eigenvalue weighted by Crippen LogP contribution is -2.34. The van der Waals surface area contributed by atoms with Gasteiger partial charge in [-0.3, -0.25) is 4.79 Å². The summed E-state index contributed by atoms with van der Waals surface area (Å²) in [7, 11) is 0. The molecular weight excluding hydrogens is 302 g/mol. The first-order valence-corrected chi connectivity index (χ1v) is 8.06. The van der Waals surface area contributed by atoms with E-state index >= 15 is 0 Å². The molecule has 1 aliphatic rings. The molecule has 22 heavy (non-hydrogen) atoms. The maximum atomic E-state index is 12.4. The lowest BCUT2D eigenvalue weighted by atomic mass is 10.3. The van der Waals surface area contributed by atoms with Gasteiger partial charge in [0.15, 0.2) is 0 Å². The fourth-order valence-electron chi connectivity index (χ4n) is 2.41. The van der Waals surface area contributed by atoms with E-state index < -0.39 is 0 Å². The van der Waals surface area contributed by atoms with Crippen molar-refractivity contribution in [2.24, 2.45) is 0 Å². The van der Waals surface area contributed by atoms with Crippen LogP contribution in [0.3, 0.4) is 0 Å². The minimum Gasteiger partial charge on any atom is -0.508 e. The van der Waals surface area contributed by atoms with E-state index in [1.54, 1.807) is 28.9 Å². The van der Waals surface area contributed by atoms with Gasteiger partial charge < -0.3 is 10.0 Å². The second kappa shape index (κ2) is 6.35. The van der Waals surface area contributed by atoms with E-state index in [0.29, 0.717) is 5.16 Å². The summed E-state index contributed by atoms with van der Waals surface area (Å²) in [6.45, 7) is 3.56. The van der Waals surface area contributed by atoms with E-state index in [-0.39, 0.29) is 16.9 Å². The largest absolute Gasteiger partial charge is 0.508 e. The van der Waals surface area contributed by atoms with Crippen molar-refractivity contribution in [3.05, 3.63) is 24.3 Å². The molecule has 1 aromatic heterocycles. The van der Waals surface area contributed by atoms with Crippen LogP contribution in [0.25, 0.3) is 5.69 Å². The van der Waals surface area contributed by atoms with E-state index in [1.165, 1.54) is 11.8 Å². The summed E-state index contributed by atoms with van der Waals surface area (Å²) in [4.78, 5) is 14.3. The van der Waals surface area contributed by atoms with Crippen LogP contribution in [0.4, 0.5) is 0 Å². The monoisotopic (exact) mass is 319 g/mol. The van der Waals surface area contributed by atoms with Crippen LogP contribution in [0.1, 0.15) is 19.8 Å². The third-order valence-electron chi connectivity index (χ3n) is 3.58. The molecule has 2 heterocycles. The second-order valence-electron chi connectivity index (χ2n) is 5.18. The Balaban J connectivity index is 1.74. The van der Waals surface area contributed by atoms with Crippen LogP contribution in [0.15, 0.2) is 29.4 Å². The number of nitrogens with zero attached hydrogens (tertiary/aromatic N) is 5. The number of amides is 1. The highest BCUT2D eigenvalue weighted by Crippen LogP contribution is 2.25. The molecule has 116 valence electrons. The van der Waals surface area contributed by atoms with Crippen LogP contribution in [0.5, 0.6) is 5.75 Å². The summed E-state index contributed by atoms with van der Waals surface area (Å²) in [6.07, 6.45) is 2.16. The molecule has 1 atom stereocenters. The van der Waals surface area contributed by atoms with Crippen molar-refractivity contribution in [1.82, 2.24) is 25.1 Å². The Labute approximate surface area is 132 Å². The Bertz CT molecular complexity index is 652. The van der Waals surface area contributed by atoms with Gasteiger partial charge in [-0.05, 0) is 54.5 Å². The Kier molecular flexibility index (Phi) is 4.28. The number of likely N-dealkylation sites (tertiary alicyclic amines) is 1. The molecule has 0 spiro atoms. The maximum absolute atomic E-state index is 12.4. The Morgan fingerprint density at radius 2 is 1.95 bits per heavy atom. The summed E-state index contributed by atoms with van der Waals surface area (Å²) < 4.78 is 1.57. The molecule has 1 amide bonds. The normalized spacial score (nSPS) is 16.0. The number of carbonyl (C=O) groups is 1. The molecule has 0 radical (unpaired) electrons. The number of phenols is 1. The van der Waals surface area contributed by atoms with Crippen LogP contribution in [-0.2, 0) is 4.79 Å². The lowest BCUT2D eigenvalue weighted by molar-refractivity contribution is -0.129. The summed E-state index contributed by atoms with van der Waals surface area (Å²) in [5, 5.41) is 21.3. The molecule has 2 aromatic rings. The minimum absolute atomic E-state index is 0.128. The van der Waals surface area contributed by atoms with Crippen LogP contribution in [-0.4, -0.2) is 54.5 Å². The van der Waals surface area contributed by atoms with Crippen molar-refractivity contribution in [3.63, 3.8) is 0 Å². The number of benzene rings is 1. The summed E-state index contributed by atoms with van der Waals surface area (Å²) in [6, 6.07) is 6.60. The van der Waals surface area contributed by atoms with Crippen molar-refractivity contribution in [2.75, 3.05) is 13.1 Å². The fraction of sp³-hybridized carbons (Fsp3) is 0.429. The average Bonchev–Trinajstić information content (AvgIpc) is 3.18. The molecule has 3 rings (SSSR count). The number of hydrogen-bond donors (Lipinski definition) is 1. The number of carbonyl (C=O) groups excluding carboxylic acids is 1. The second-order valence-corrected chi connectivity index (χ2v) is 6.49. The molecule has 1 fully saturated rings. The number of aromatic hydroxyl groups is 1. The predicted octanol–water partition coefficient (Wildman–Crippen LogP) is 1.47. The SMILES string of the molecule is C[C@@H](Sc1nnnn1-c1ccc(O)cc1)C(=O)N1CCCC1. The molecule has 1 aliphatic heterocycles. The van der Waals surface area contributed by atoms with Crippen LogP contribution >= 0.6 is 11.8 Å². The van der Waals surface area contributed by atoms with E-state index in [4.69, 9.17) is 0 Å². The Hall–Kier alpha value is -2.09. The quantitative estimate of drug-likeness (QED) is 0.859. The van der Waals surface area contributed by atoms with Gasteiger partial charge in [0.2, 0.25) is 11.1 Å². The summed E-state index contributed by atoms with van der Waals surface area (Å²) in [5.74, 6) is 0.311. The third kappa shape index (κ3) is 3.06. The number of rotatable bonds is 4. The van der Waals surface area contributed by atoms with Crippen LogP contribution in [0, 0.1) is 0 Å². The molecule has 0 bridgehead atoms. The molecule has 0 aliphatic carbocycles. The van der Waals surface area contributed by atoms with Crippen LogP contribution in [0.2, 0.25) is 0 Å². The number of hydrogen-bond acceptors (Lipinski definition) is 6. The molecule has 0 saturated carbocycles. The Morgan fingerprint density at radius 3 is 2.64 bits per heavy atom. The van der Waals surface area contributed by atoms with E-state index in [2.05, 4.69) is 15.5 Å². The van der Waals surface area contributed by atoms with Crippen molar-refractivity contribution in [3.8, 4) is 11.4 Å². The first-order chi connectivity index (χ1) is 10.6. The van der Waals surface area contributed by atoms with Gasteiger partial charge in [0.05, 0.1) is 10.9 Å². The third-order valence-corrected chi connectivity index (χ3v) is 4.60. The lowest BCUT2D eigenvalue weighted by Gasteiger charge is -2.19. The molecule has 7 nitrogen and oxygen atoms in total. The van der Waals surface area contributed by atoms with E-state index in [9.17, 15) is 9.90 Å². The van der Waals surface area contributed by atoms with Gasteiger partial charge in [0, 0.05) is 13.1 Å². The summed E-state index contributed by atoms with van der Waals surface area (Å²) >= 11 is 1.34. The molecule has 1 saturated heterocycles. The number of thioether (sulfide) groups is 1. The molecule has 0 unspecified atom stereocenters. The zero-order valence-electron chi connectivity index (χ0n) is 12.2. The maximum Gasteiger partial charge on any atom is 0.235 e. The highest BCUT2D eigenvalue weighted by atomic mass is 32.2. The van der Waals surface area contributed by atoms with Crippen molar-refractivity contribution in [2.45, 2.75) is 30.2 Å². The highest BCUT2D eigenvalue weighted by Gasteiger charge is 2.25. The van der Waals surface area contributed by atoms with Crippen LogP contribution < -0.4 is 0 Å². The van der Waals surface area contributed by atoms with Gasteiger partial charge in [-0.15, -0.1) is 5.10 Å². The first-order valence-electron chi connectivity index (χ1n) is 7.18. The number of tetrazole rings is 1.